The van der Waals surface area contributed by atoms with E-state index >= 15 is 0 Å². The van der Waals surface area contributed by atoms with Crippen LogP contribution in [-0.4, -0.2) is 31.7 Å². The van der Waals surface area contributed by atoms with Gasteiger partial charge in [-0.15, -0.1) is 0 Å². The molecule has 0 aromatic carbocycles. The van der Waals surface area contributed by atoms with Crippen LogP contribution in [0.4, 0.5) is 0 Å². The highest BCUT2D eigenvalue weighted by Gasteiger charge is 2.29. The first-order valence-electron chi connectivity index (χ1n) is 5.63. The van der Waals surface area contributed by atoms with E-state index in [1.807, 2.05) is 0 Å². The maximum absolute atomic E-state index is 11.7. The summed E-state index contributed by atoms with van der Waals surface area (Å²) in [4.78, 5) is 11.7. The quantitative estimate of drug-likeness (QED) is 0.697. The van der Waals surface area contributed by atoms with Crippen LogP contribution in [0.5, 0.6) is 0 Å². The lowest BCUT2D eigenvalue weighted by atomic mass is 10.1. The van der Waals surface area contributed by atoms with Crippen LogP contribution >= 0.6 is 0 Å². The molecule has 1 aliphatic rings. The van der Waals surface area contributed by atoms with Gasteiger partial charge in [0.15, 0.2) is 0 Å². The van der Waals surface area contributed by atoms with Crippen LogP contribution < -0.4 is 11.1 Å². The predicted molar refractivity (Wildman–Crippen MR) is 59.4 cm³/mol. The number of carbonyl (C=O) groups excluding carboxylic acids is 1. The molecule has 1 aliphatic carbocycles. The number of rotatable bonds is 5. The van der Waals surface area contributed by atoms with Gasteiger partial charge in [0, 0.05) is 19.8 Å². The maximum Gasteiger partial charge on any atom is 0.237 e. The predicted octanol–water partition coefficient (Wildman–Crippen LogP) is 0.159. The Morgan fingerprint density at radius 1 is 1.69 bits per heavy atom. The monoisotopic (exact) mass is 225 g/mol. The van der Waals surface area contributed by atoms with Crippen LogP contribution in [0.15, 0.2) is 0 Å². The van der Waals surface area contributed by atoms with Crippen LogP contribution in [0.2, 0.25) is 0 Å². The molecule has 0 saturated heterocycles. The summed E-state index contributed by atoms with van der Waals surface area (Å²) in [5.74, 6) is -0.234. The Kier molecular flexibility index (Phi) is 5.23. The Balaban J connectivity index is 2.36. The molecule has 0 bridgehead atoms. The zero-order chi connectivity index (χ0) is 12.0. The van der Waals surface area contributed by atoms with Crippen molar-refractivity contribution in [2.24, 2.45) is 11.7 Å². The average Bonchev–Trinajstić information content (AvgIpc) is 2.72. The molecular weight excluding hydrogens is 206 g/mol. The van der Waals surface area contributed by atoms with E-state index in [0.717, 1.165) is 19.3 Å². The van der Waals surface area contributed by atoms with E-state index in [4.69, 9.17) is 15.7 Å². The van der Waals surface area contributed by atoms with Gasteiger partial charge in [-0.3, -0.25) is 4.79 Å². The second kappa shape index (κ2) is 6.46. The normalized spacial score (nSPS) is 26.1. The molecular formula is C11H19N3O2. The SMILES string of the molecule is COCCC(N)C(=O)NC1CCCC1C#N. The summed E-state index contributed by atoms with van der Waals surface area (Å²) in [5.41, 5.74) is 5.69. The molecule has 0 spiro atoms. The van der Waals surface area contributed by atoms with E-state index in [-0.39, 0.29) is 17.9 Å². The van der Waals surface area contributed by atoms with Gasteiger partial charge in [0.25, 0.3) is 0 Å². The molecule has 5 nitrogen and oxygen atoms in total. The summed E-state index contributed by atoms with van der Waals surface area (Å²) >= 11 is 0. The first-order valence-corrected chi connectivity index (χ1v) is 5.63. The highest BCUT2D eigenvalue weighted by Crippen LogP contribution is 2.24. The molecule has 16 heavy (non-hydrogen) atoms. The molecule has 3 atom stereocenters. The highest BCUT2D eigenvalue weighted by molar-refractivity contribution is 5.81. The van der Waals surface area contributed by atoms with Gasteiger partial charge in [0.2, 0.25) is 5.91 Å². The van der Waals surface area contributed by atoms with Crippen LogP contribution in [0, 0.1) is 17.2 Å². The van der Waals surface area contributed by atoms with Crippen molar-refractivity contribution in [2.45, 2.75) is 37.8 Å². The molecule has 90 valence electrons. The van der Waals surface area contributed by atoms with Crippen LogP contribution in [0.3, 0.4) is 0 Å². The number of nitrogens with zero attached hydrogens (tertiary/aromatic N) is 1. The van der Waals surface area contributed by atoms with Crippen LogP contribution in [0.25, 0.3) is 0 Å². The minimum atomic E-state index is -0.542. The Labute approximate surface area is 95.9 Å². The third-order valence-corrected chi connectivity index (χ3v) is 2.98. The van der Waals surface area contributed by atoms with Crippen LogP contribution in [0.1, 0.15) is 25.7 Å². The molecule has 1 saturated carbocycles. The summed E-state index contributed by atoms with van der Waals surface area (Å²) in [5, 5.41) is 11.7. The van der Waals surface area contributed by atoms with Gasteiger partial charge in [-0.2, -0.15) is 5.26 Å². The van der Waals surface area contributed by atoms with Crippen molar-refractivity contribution < 1.29 is 9.53 Å². The molecule has 0 aliphatic heterocycles. The van der Waals surface area contributed by atoms with Crippen molar-refractivity contribution in [3.8, 4) is 6.07 Å². The van der Waals surface area contributed by atoms with Gasteiger partial charge in [0.05, 0.1) is 18.0 Å². The van der Waals surface area contributed by atoms with Crippen molar-refractivity contribution in [1.82, 2.24) is 5.32 Å². The van der Waals surface area contributed by atoms with Crippen molar-refractivity contribution in [2.75, 3.05) is 13.7 Å². The number of amides is 1. The van der Waals surface area contributed by atoms with Gasteiger partial charge >= 0.3 is 0 Å². The van der Waals surface area contributed by atoms with Crippen LogP contribution in [-0.2, 0) is 9.53 Å². The second-order valence-electron chi connectivity index (χ2n) is 4.17. The largest absolute Gasteiger partial charge is 0.385 e. The van der Waals surface area contributed by atoms with Crippen molar-refractivity contribution in [3.05, 3.63) is 0 Å². The van der Waals surface area contributed by atoms with Gasteiger partial charge < -0.3 is 15.8 Å². The molecule has 1 amide bonds. The lowest BCUT2D eigenvalue weighted by Crippen LogP contribution is -2.46. The molecule has 1 fully saturated rings. The summed E-state index contributed by atoms with van der Waals surface area (Å²) in [6.07, 6.45) is 3.25. The molecule has 0 aromatic heterocycles. The van der Waals surface area contributed by atoms with Crippen molar-refractivity contribution in [3.63, 3.8) is 0 Å². The number of hydrogen-bond donors (Lipinski definition) is 2. The van der Waals surface area contributed by atoms with Gasteiger partial charge in [-0.25, -0.2) is 0 Å². The third-order valence-electron chi connectivity index (χ3n) is 2.98. The number of nitriles is 1. The van der Waals surface area contributed by atoms with Gasteiger partial charge in [-0.1, -0.05) is 0 Å². The lowest BCUT2D eigenvalue weighted by molar-refractivity contribution is -0.123. The average molecular weight is 225 g/mol. The Hall–Kier alpha value is -1.12. The van der Waals surface area contributed by atoms with Crippen molar-refractivity contribution in [1.29, 1.82) is 5.26 Å². The lowest BCUT2D eigenvalue weighted by Gasteiger charge is -2.18. The number of methoxy groups -OCH3 is 1. The highest BCUT2D eigenvalue weighted by atomic mass is 16.5. The Morgan fingerprint density at radius 3 is 3.06 bits per heavy atom. The second-order valence-corrected chi connectivity index (χ2v) is 4.17. The Morgan fingerprint density at radius 2 is 2.44 bits per heavy atom. The molecule has 3 unspecified atom stereocenters. The number of nitrogens with two attached hydrogens (primary N) is 1. The summed E-state index contributed by atoms with van der Waals surface area (Å²) in [6, 6.07) is 1.66. The van der Waals surface area contributed by atoms with Crippen molar-refractivity contribution >= 4 is 5.91 Å². The molecule has 0 radical (unpaired) electrons. The molecule has 1 rings (SSSR count). The number of carbonyl (C=O) groups is 1. The van der Waals surface area contributed by atoms with E-state index in [1.54, 1.807) is 7.11 Å². The fourth-order valence-electron chi connectivity index (χ4n) is 1.95. The van der Waals surface area contributed by atoms with Gasteiger partial charge in [0.1, 0.15) is 0 Å². The fourth-order valence-corrected chi connectivity index (χ4v) is 1.95. The number of nitrogens with one attached hydrogen (secondary N) is 1. The standard InChI is InChI=1S/C11H19N3O2/c1-16-6-5-9(13)11(15)14-10-4-2-3-8(10)7-12/h8-10H,2-6,13H2,1H3,(H,14,15). The van der Waals surface area contributed by atoms with E-state index in [0.29, 0.717) is 13.0 Å². The minimum absolute atomic E-state index is 0.0221. The van der Waals surface area contributed by atoms with E-state index < -0.39 is 6.04 Å². The molecule has 5 heteroatoms. The smallest absolute Gasteiger partial charge is 0.237 e. The molecule has 0 aromatic rings. The zero-order valence-electron chi connectivity index (χ0n) is 9.61. The number of ether oxygens (including phenoxy) is 1. The Bertz CT molecular complexity index is 275. The van der Waals surface area contributed by atoms with E-state index in [2.05, 4.69) is 11.4 Å². The first kappa shape index (κ1) is 12.9. The fraction of sp³-hybridized carbons (Fsp3) is 0.818. The van der Waals surface area contributed by atoms with E-state index in [1.165, 1.54) is 0 Å². The number of hydrogen-bond acceptors (Lipinski definition) is 4. The molecule has 3 N–H and O–H groups in total. The van der Waals surface area contributed by atoms with Gasteiger partial charge in [-0.05, 0) is 25.7 Å². The zero-order valence-corrected chi connectivity index (χ0v) is 9.61. The third kappa shape index (κ3) is 3.47. The summed E-state index contributed by atoms with van der Waals surface area (Å²) < 4.78 is 4.86. The maximum atomic E-state index is 11.7. The molecule has 0 heterocycles. The summed E-state index contributed by atoms with van der Waals surface area (Å²) in [6.45, 7) is 0.473. The minimum Gasteiger partial charge on any atom is -0.385 e. The van der Waals surface area contributed by atoms with E-state index in [9.17, 15) is 4.79 Å². The first-order chi connectivity index (χ1) is 7.69. The summed E-state index contributed by atoms with van der Waals surface area (Å²) in [7, 11) is 1.58. The topological polar surface area (TPSA) is 88.1 Å².